The molecular formula is C15H13BrN2O2. The van der Waals surface area contributed by atoms with Crippen LogP contribution in [0.5, 0.6) is 5.75 Å². The van der Waals surface area contributed by atoms with Crippen LogP contribution in [0.15, 0.2) is 58.1 Å². The summed E-state index contributed by atoms with van der Waals surface area (Å²) in [4.78, 5) is 11.8. The largest absolute Gasteiger partial charge is 0.497 e. The molecule has 2 aromatic rings. The minimum absolute atomic E-state index is 0.263. The van der Waals surface area contributed by atoms with Gasteiger partial charge in [-0.3, -0.25) is 4.79 Å². The van der Waals surface area contributed by atoms with E-state index in [1.165, 1.54) is 0 Å². The van der Waals surface area contributed by atoms with Gasteiger partial charge in [-0.25, -0.2) is 5.43 Å². The van der Waals surface area contributed by atoms with Crippen molar-refractivity contribution in [1.82, 2.24) is 5.43 Å². The maximum absolute atomic E-state index is 11.8. The highest BCUT2D eigenvalue weighted by Crippen LogP contribution is 2.11. The van der Waals surface area contributed by atoms with Gasteiger partial charge in [0.2, 0.25) is 0 Å². The van der Waals surface area contributed by atoms with E-state index in [2.05, 4.69) is 26.5 Å². The summed E-state index contributed by atoms with van der Waals surface area (Å²) in [7, 11) is 1.58. The predicted octanol–water partition coefficient (Wildman–Crippen LogP) is 3.22. The highest BCUT2D eigenvalue weighted by molar-refractivity contribution is 9.10. The van der Waals surface area contributed by atoms with Gasteiger partial charge in [0.15, 0.2) is 0 Å². The number of methoxy groups -OCH3 is 1. The second kappa shape index (κ2) is 6.86. The topological polar surface area (TPSA) is 50.7 Å². The molecule has 0 aromatic heterocycles. The lowest BCUT2D eigenvalue weighted by Gasteiger charge is -2.02. The second-order valence-corrected chi connectivity index (χ2v) is 4.89. The van der Waals surface area contributed by atoms with E-state index in [4.69, 9.17) is 4.74 Å². The van der Waals surface area contributed by atoms with Crippen molar-refractivity contribution < 1.29 is 9.53 Å². The molecule has 20 heavy (non-hydrogen) atoms. The van der Waals surface area contributed by atoms with Crippen LogP contribution in [0.1, 0.15) is 15.9 Å². The number of benzene rings is 2. The first-order chi connectivity index (χ1) is 9.69. The van der Waals surface area contributed by atoms with Crippen LogP contribution >= 0.6 is 15.9 Å². The monoisotopic (exact) mass is 332 g/mol. The molecule has 102 valence electrons. The average molecular weight is 333 g/mol. The number of ether oxygens (including phenoxy) is 1. The standard InChI is InChI=1S/C15H13BrN2O2/c1-20-14-8-4-12(5-9-14)15(19)18-17-10-11-2-6-13(16)7-3-11/h2-10H,1H3,(H,18,19). The Kier molecular flexibility index (Phi) is 4.90. The third-order valence-corrected chi connectivity index (χ3v) is 3.13. The molecule has 0 bridgehead atoms. The zero-order chi connectivity index (χ0) is 14.4. The van der Waals surface area contributed by atoms with Crippen LogP contribution in [0.2, 0.25) is 0 Å². The fourth-order valence-corrected chi connectivity index (χ4v) is 1.79. The van der Waals surface area contributed by atoms with Crippen LogP contribution < -0.4 is 10.2 Å². The van der Waals surface area contributed by atoms with Gasteiger partial charge in [0.05, 0.1) is 13.3 Å². The molecule has 0 aliphatic rings. The normalized spacial score (nSPS) is 10.5. The number of halogens is 1. The van der Waals surface area contributed by atoms with Gasteiger partial charge in [-0.2, -0.15) is 5.10 Å². The molecule has 0 atom stereocenters. The summed E-state index contributed by atoms with van der Waals surface area (Å²) in [5.41, 5.74) is 3.91. The minimum Gasteiger partial charge on any atom is -0.497 e. The lowest BCUT2D eigenvalue weighted by atomic mass is 10.2. The molecule has 5 heteroatoms. The third-order valence-electron chi connectivity index (χ3n) is 2.60. The number of nitrogens with one attached hydrogen (secondary N) is 1. The van der Waals surface area contributed by atoms with Crippen molar-refractivity contribution in [2.45, 2.75) is 0 Å². The molecule has 0 radical (unpaired) electrons. The predicted molar refractivity (Wildman–Crippen MR) is 82.2 cm³/mol. The van der Waals surface area contributed by atoms with E-state index >= 15 is 0 Å². The third kappa shape index (κ3) is 3.93. The highest BCUT2D eigenvalue weighted by atomic mass is 79.9. The average Bonchev–Trinajstić information content (AvgIpc) is 2.49. The fourth-order valence-electron chi connectivity index (χ4n) is 1.52. The summed E-state index contributed by atoms with van der Waals surface area (Å²) < 4.78 is 6.03. The van der Waals surface area contributed by atoms with Crippen LogP contribution in [-0.4, -0.2) is 19.2 Å². The first-order valence-corrected chi connectivity index (χ1v) is 6.71. The number of rotatable bonds is 4. The summed E-state index contributed by atoms with van der Waals surface area (Å²) in [6.45, 7) is 0. The molecule has 2 rings (SSSR count). The van der Waals surface area contributed by atoms with Gasteiger partial charge in [0.25, 0.3) is 5.91 Å². The minimum atomic E-state index is -0.263. The lowest BCUT2D eigenvalue weighted by molar-refractivity contribution is 0.0955. The van der Waals surface area contributed by atoms with E-state index in [1.807, 2.05) is 24.3 Å². The number of nitrogens with zero attached hydrogens (tertiary/aromatic N) is 1. The molecule has 2 aromatic carbocycles. The van der Waals surface area contributed by atoms with Crippen LogP contribution in [0.3, 0.4) is 0 Å². The van der Waals surface area contributed by atoms with Gasteiger partial charge in [-0.15, -0.1) is 0 Å². The molecule has 0 saturated heterocycles. The molecule has 0 unspecified atom stereocenters. The zero-order valence-corrected chi connectivity index (χ0v) is 12.4. The van der Waals surface area contributed by atoms with Crippen molar-refractivity contribution in [3.05, 3.63) is 64.1 Å². The van der Waals surface area contributed by atoms with Crippen molar-refractivity contribution in [3.8, 4) is 5.75 Å². The Bertz CT molecular complexity index is 607. The van der Waals surface area contributed by atoms with Gasteiger partial charge in [0, 0.05) is 10.0 Å². The molecule has 0 aliphatic carbocycles. The SMILES string of the molecule is COc1ccc(C(=O)NN=Cc2ccc(Br)cc2)cc1. The summed E-state index contributed by atoms with van der Waals surface area (Å²) >= 11 is 3.35. The number of hydrazone groups is 1. The fraction of sp³-hybridized carbons (Fsp3) is 0.0667. The Morgan fingerprint density at radius 1 is 1.15 bits per heavy atom. The van der Waals surface area contributed by atoms with Crippen LogP contribution in [0, 0.1) is 0 Å². The van der Waals surface area contributed by atoms with Gasteiger partial charge in [-0.05, 0) is 42.0 Å². The number of hydrogen-bond acceptors (Lipinski definition) is 3. The van der Waals surface area contributed by atoms with E-state index in [1.54, 1.807) is 37.6 Å². The van der Waals surface area contributed by atoms with Crippen molar-refractivity contribution in [2.24, 2.45) is 5.10 Å². The Morgan fingerprint density at radius 3 is 2.40 bits per heavy atom. The van der Waals surface area contributed by atoms with E-state index < -0.39 is 0 Å². The smallest absolute Gasteiger partial charge is 0.271 e. The quantitative estimate of drug-likeness (QED) is 0.690. The number of carbonyl (C=O) groups excluding carboxylic acids is 1. The summed E-state index contributed by atoms with van der Waals surface area (Å²) in [6, 6.07) is 14.4. The van der Waals surface area contributed by atoms with Gasteiger partial charge in [0.1, 0.15) is 5.75 Å². The zero-order valence-electron chi connectivity index (χ0n) is 10.8. The van der Waals surface area contributed by atoms with Crippen molar-refractivity contribution >= 4 is 28.1 Å². The van der Waals surface area contributed by atoms with Crippen molar-refractivity contribution in [3.63, 3.8) is 0 Å². The Hall–Kier alpha value is -2.14. The van der Waals surface area contributed by atoms with Crippen LogP contribution in [-0.2, 0) is 0 Å². The number of amides is 1. The molecule has 0 heterocycles. The van der Waals surface area contributed by atoms with E-state index in [-0.39, 0.29) is 5.91 Å². The summed E-state index contributed by atoms with van der Waals surface area (Å²) in [6.07, 6.45) is 1.59. The Balaban J connectivity index is 1.95. The first kappa shape index (κ1) is 14.3. The van der Waals surface area contributed by atoms with Crippen molar-refractivity contribution in [2.75, 3.05) is 7.11 Å². The molecule has 0 saturated carbocycles. The molecule has 0 aliphatic heterocycles. The molecule has 1 N–H and O–H groups in total. The molecule has 1 amide bonds. The Morgan fingerprint density at radius 2 is 1.80 bits per heavy atom. The maximum atomic E-state index is 11.8. The van der Waals surface area contributed by atoms with E-state index in [0.29, 0.717) is 11.3 Å². The first-order valence-electron chi connectivity index (χ1n) is 5.92. The molecular weight excluding hydrogens is 320 g/mol. The molecule has 4 nitrogen and oxygen atoms in total. The van der Waals surface area contributed by atoms with Gasteiger partial charge < -0.3 is 4.74 Å². The van der Waals surface area contributed by atoms with Crippen molar-refractivity contribution in [1.29, 1.82) is 0 Å². The lowest BCUT2D eigenvalue weighted by Crippen LogP contribution is -2.17. The molecule has 0 spiro atoms. The van der Waals surface area contributed by atoms with E-state index in [9.17, 15) is 4.79 Å². The maximum Gasteiger partial charge on any atom is 0.271 e. The summed E-state index contributed by atoms with van der Waals surface area (Å²) in [5, 5.41) is 3.92. The Labute approximate surface area is 125 Å². The summed E-state index contributed by atoms with van der Waals surface area (Å²) in [5.74, 6) is 0.445. The number of hydrogen-bond donors (Lipinski definition) is 1. The highest BCUT2D eigenvalue weighted by Gasteiger charge is 2.03. The van der Waals surface area contributed by atoms with Crippen LogP contribution in [0.4, 0.5) is 0 Å². The van der Waals surface area contributed by atoms with Crippen LogP contribution in [0.25, 0.3) is 0 Å². The van der Waals surface area contributed by atoms with Gasteiger partial charge in [-0.1, -0.05) is 28.1 Å². The second-order valence-electron chi connectivity index (χ2n) is 3.98. The molecule has 0 fully saturated rings. The van der Waals surface area contributed by atoms with E-state index in [0.717, 1.165) is 10.0 Å². The van der Waals surface area contributed by atoms with Gasteiger partial charge >= 0.3 is 0 Å². The number of carbonyl (C=O) groups is 1.